The summed E-state index contributed by atoms with van der Waals surface area (Å²) in [7, 11) is 1.53. The zero-order valence-electron chi connectivity index (χ0n) is 18.0. The number of ketones is 1. The minimum atomic E-state index is -0.793. The molecule has 0 aromatic heterocycles. The van der Waals surface area contributed by atoms with Gasteiger partial charge < -0.3 is 19.6 Å². The van der Waals surface area contributed by atoms with Gasteiger partial charge in [-0.25, -0.2) is 4.39 Å². The molecular formula is C24H27FN2O4. The van der Waals surface area contributed by atoms with Gasteiger partial charge in [0.05, 0.1) is 18.7 Å². The van der Waals surface area contributed by atoms with Gasteiger partial charge in [0.25, 0.3) is 11.7 Å². The molecule has 1 N–H and O–H groups in total. The average Bonchev–Trinajstić information content (AvgIpc) is 3.05. The number of ether oxygens (including phenoxy) is 1. The Labute approximate surface area is 181 Å². The van der Waals surface area contributed by atoms with Gasteiger partial charge in [-0.1, -0.05) is 26.0 Å². The van der Waals surface area contributed by atoms with Crippen LogP contribution in [0.4, 0.5) is 4.39 Å². The molecule has 1 unspecified atom stereocenters. The fraction of sp³-hybridized carbons (Fsp3) is 0.333. The molecule has 2 aromatic carbocycles. The molecule has 6 nitrogen and oxygen atoms in total. The number of carbonyl (C=O) groups excluding carboxylic acids is 2. The summed E-state index contributed by atoms with van der Waals surface area (Å²) in [6.07, 6.45) is 0. The molecule has 1 fully saturated rings. The van der Waals surface area contributed by atoms with Gasteiger partial charge >= 0.3 is 0 Å². The van der Waals surface area contributed by atoms with E-state index in [2.05, 4.69) is 4.90 Å². The lowest BCUT2D eigenvalue weighted by atomic mass is 9.95. The normalized spacial score (nSPS) is 18.1. The highest BCUT2D eigenvalue weighted by Crippen LogP contribution is 2.39. The Morgan fingerprint density at radius 3 is 2.23 bits per heavy atom. The topological polar surface area (TPSA) is 70.1 Å². The van der Waals surface area contributed by atoms with E-state index in [-0.39, 0.29) is 11.3 Å². The first-order chi connectivity index (χ1) is 14.9. The lowest BCUT2D eigenvalue weighted by Gasteiger charge is -2.28. The van der Waals surface area contributed by atoms with E-state index in [4.69, 9.17) is 4.74 Å². The Balaban J connectivity index is 2.07. The molecule has 0 radical (unpaired) electrons. The van der Waals surface area contributed by atoms with E-state index >= 15 is 0 Å². The van der Waals surface area contributed by atoms with Crippen molar-refractivity contribution in [2.75, 3.05) is 33.3 Å². The Bertz CT molecular complexity index is 966. The molecule has 3 rings (SSSR count). The number of benzene rings is 2. The number of hydrogen-bond donors (Lipinski definition) is 1. The first kappa shape index (κ1) is 22.5. The molecule has 0 aliphatic carbocycles. The number of rotatable bonds is 8. The van der Waals surface area contributed by atoms with Gasteiger partial charge in [-0.2, -0.15) is 0 Å². The van der Waals surface area contributed by atoms with Gasteiger partial charge in [0.2, 0.25) is 0 Å². The number of aliphatic hydroxyl groups is 1. The second-order valence-electron chi connectivity index (χ2n) is 7.30. The third-order valence-corrected chi connectivity index (χ3v) is 5.64. The van der Waals surface area contributed by atoms with Crippen molar-refractivity contribution in [2.24, 2.45) is 0 Å². The number of aliphatic hydroxyl groups excluding tert-OH is 1. The first-order valence-corrected chi connectivity index (χ1v) is 10.3. The number of methoxy groups -OCH3 is 1. The smallest absolute Gasteiger partial charge is 0.295 e. The van der Waals surface area contributed by atoms with E-state index in [1.807, 2.05) is 13.8 Å². The summed E-state index contributed by atoms with van der Waals surface area (Å²) in [5.41, 5.74) is 0.964. The van der Waals surface area contributed by atoms with Crippen LogP contribution in [-0.2, 0) is 9.59 Å². The molecule has 1 heterocycles. The predicted octanol–water partition coefficient (Wildman–Crippen LogP) is 3.60. The van der Waals surface area contributed by atoms with E-state index in [1.54, 1.807) is 24.3 Å². The second kappa shape index (κ2) is 9.75. The highest BCUT2D eigenvalue weighted by molar-refractivity contribution is 6.46. The monoisotopic (exact) mass is 426 g/mol. The third-order valence-electron chi connectivity index (χ3n) is 5.64. The number of nitrogens with zero attached hydrogens (tertiary/aromatic N) is 2. The summed E-state index contributed by atoms with van der Waals surface area (Å²) >= 11 is 0. The van der Waals surface area contributed by atoms with Crippen LogP contribution in [-0.4, -0.2) is 59.9 Å². The zero-order valence-corrected chi connectivity index (χ0v) is 18.0. The van der Waals surface area contributed by atoms with Crippen LogP contribution in [0, 0.1) is 5.82 Å². The number of likely N-dealkylation sites (tertiary alicyclic amines) is 1. The average molecular weight is 426 g/mol. The maximum atomic E-state index is 13.5. The van der Waals surface area contributed by atoms with Crippen LogP contribution in [0.3, 0.4) is 0 Å². The molecule has 0 bridgehead atoms. The van der Waals surface area contributed by atoms with Crippen LogP contribution in [0.1, 0.15) is 31.0 Å². The summed E-state index contributed by atoms with van der Waals surface area (Å²) in [4.78, 5) is 29.5. The van der Waals surface area contributed by atoms with Crippen molar-refractivity contribution in [3.8, 4) is 5.75 Å². The molecule has 0 spiro atoms. The van der Waals surface area contributed by atoms with Crippen LogP contribution in [0.15, 0.2) is 54.1 Å². The van der Waals surface area contributed by atoms with E-state index < -0.39 is 23.5 Å². The van der Waals surface area contributed by atoms with E-state index in [0.717, 1.165) is 13.1 Å². The van der Waals surface area contributed by atoms with Gasteiger partial charge in [-0.15, -0.1) is 0 Å². The molecule has 1 aliphatic rings. The highest BCUT2D eigenvalue weighted by Gasteiger charge is 2.45. The molecule has 1 amide bonds. The van der Waals surface area contributed by atoms with Crippen LogP contribution < -0.4 is 4.74 Å². The first-order valence-electron chi connectivity index (χ1n) is 10.3. The lowest BCUT2D eigenvalue weighted by molar-refractivity contribution is -0.140. The maximum absolute atomic E-state index is 13.5. The minimum Gasteiger partial charge on any atom is -0.507 e. The van der Waals surface area contributed by atoms with Crippen LogP contribution in [0.2, 0.25) is 0 Å². The third kappa shape index (κ3) is 4.61. The van der Waals surface area contributed by atoms with Crippen molar-refractivity contribution in [2.45, 2.75) is 19.9 Å². The Morgan fingerprint density at radius 1 is 1.06 bits per heavy atom. The molecule has 164 valence electrons. The Morgan fingerprint density at radius 2 is 1.68 bits per heavy atom. The SMILES string of the molecule is CCN(CC)CCN1C(=O)C(=O)C(=C(O)c2ccc(OC)cc2)C1c1ccc(F)cc1. The molecule has 2 aromatic rings. The second-order valence-corrected chi connectivity index (χ2v) is 7.30. The quantitative estimate of drug-likeness (QED) is 0.397. The summed E-state index contributed by atoms with van der Waals surface area (Å²) in [6.45, 7) is 6.58. The predicted molar refractivity (Wildman–Crippen MR) is 116 cm³/mol. The van der Waals surface area contributed by atoms with Crippen LogP contribution in [0.5, 0.6) is 5.75 Å². The molecule has 1 atom stereocenters. The number of carbonyl (C=O) groups is 2. The lowest BCUT2D eigenvalue weighted by Crippen LogP contribution is -2.38. The van der Waals surface area contributed by atoms with Crippen LogP contribution >= 0.6 is 0 Å². The summed E-state index contributed by atoms with van der Waals surface area (Å²) < 4.78 is 18.7. The number of likely N-dealkylation sites (N-methyl/N-ethyl adjacent to an activating group) is 1. The van der Waals surface area contributed by atoms with Crippen molar-refractivity contribution in [1.82, 2.24) is 9.80 Å². The minimum absolute atomic E-state index is 0.00122. The van der Waals surface area contributed by atoms with Crippen molar-refractivity contribution >= 4 is 17.4 Å². The van der Waals surface area contributed by atoms with Crippen molar-refractivity contribution in [3.63, 3.8) is 0 Å². The van der Waals surface area contributed by atoms with E-state index in [1.165, 1.54) is 36.3 Å². The van der Waals surface area contributed by atoms with Gasteiger partial charge in [-0.05, 0) is 55.1 Å². The molecule has 31 heavy (non-hydrogen) atoms. The molecule has 1 saturated heterocycles. The van der Waals surface area contributed by atoms with Gasteiger partial charge in [0, 0.05) is 18.7 Å². The van der Waals surface area contributed by atoms with Gasteiger partial charge in [-0.3, -0.25) is 9.59 Å². The number of halogens is 1. The molecule has 1 aliphatic heterocycles. The number of hydrogen-bond acceptors (Lipinski definition) is 5. The largest absolute Gasteiger partial charge is 0.507 e. The van der Waals surface area contributed by atoms with Gasteiger partial charge in [0.15, 0.2) is 0 Å². The van der Waals surface area contributed by atoms with E-state index in [0.29, 0.717) is 30.0 Å². The summed E-state index contributed by atoms with van der Waals surface area (Å²) in [6, 6.07) is 11.4. The van der Waals surface area contributed by atoms with E-state index in [9.17, 15) is 19.1 Å². The van der Waals surface area contributed by atoms with Crippen molar-refractivity contribution in [1.29, 1.82) is 0 Å². The fourth-order valence-corrected chi connectivity index (χ4v) is 3.80. The zero-order chi connectivity index (χ0) is 22.5. The summed E-state index contributed by atoms with van der Waals surface area (Å²) in [5, 5.41) is 11.0. The van der Waals surface area contributed by atoms with Gasteiger partial charge in [0.1, 0.15) is 17.3 Å². The fourth-order valence-electron chi connectivity index (χ4n) is 3.80. The van der Waals surface area contributed by atoms with Crippen LogP contribution in [0.25, 0.3) is 5.76 Å². The Kier molecular flexibility index (Phi) is 7.07. The highest BCUT2D eigenvalue weighted by atomic mass is 19.1. The standard InChI is InChI=1S/C24H27FN2O4/c1-4-26(5-2)14-15-27-21(16-6-10-18(25)11-7-16)20(23(29)24(27)30)22(28)17-8-12-19(31-3)13-9-17/h6-13,21,28H,4-5,14-15H2,1-3H3. The molecular weight excluding hydrogens is 399 g/mol. The molecule has 0 saturated carbocycles. The maximum Gasteiger partial charge on any atom is 0.295 e. The number of Topliss-reactive ketones (excluding diaryl/α,β-unsaturated/α-hetero) is 1. The van der Waals surface area contributed by atoms with Crippen molar-refractivity contribution < 1.29 is 23.8 Å². The Hall–Kier alpha value is -3.19. The summed E-state index contributed by atoms with van der Waals surface area (Å²) in [5.74, 6) is -1.50. The van der Waals surface area contributed by atoms with Crippen molar-refractivity contribution in [3.05, 3.63) is 71.0 Å². The molecule has 7 heteroatoms. The number of amides is 1.